The summed E-state index contributed by atoms with van der Waals surface area (Å²) in [6.07, 6.45) is 0.456. The number of halogens is 1. The van der Waals surface area contributed by atoms with E-state index in [1.807, 2.05) is 0 Å². The van der Waals surface area contributed by atoms with Crippen LogP contribution in [0.25, 0.3) is 0 Å². The first-order valence-corrected chi connectivity index (χ1v) is 9.39. The number of rotatable bonds is 6. The van der Waals surface area contributed by atoms with Gasteiger partial charge in [-0.15, -0.1) is 0 Å². The topological polar surface area (TPSA) is 98.5 Å². The fourth-order valence-corrected chi connectivity index (χ4v) is 3.38. The number of carbonyl (C=O) groups is 1. The molecule has 0 spiro atoms. The molecule has 0 unspecified atom stereocenters. The second-order valence-electron chi connectivity index (χ2n) is 5.50. The molecule has 0 atom stereocenters. The van der Waals surface area contributed by atoms with Crippen molar-refractivity contribution in [3.63, 3.8) is 0 Å². The highest BCUT2D eigenvalue weighted by Crippen LogP contribution is 2.22. The number of hydrogen-bond acceptors (Lipinski definition) is 4. The van der Waals surface area contributed by atoms with Crippen molar-refractivity contribution < 1.29 is 17.9 Å². The largest absolute Gasteiger partial charge is 0.496 e. The molecular weight excluding hydrogens is 364 g/mol. The van der Waals surface area contributed by atoms with Crippen molar-refractivity contribution in [2.24, 2.45) is 5.14 Å². The van der Waals surface area contributed by atoms with Gasteiger partial charge < -0.3 is 10.1 Å². The summed E-state index contributed by atoms with van der Waals surface area (Å²) in [5.74, 6) is 0.104. The molecule has 8 heteroatoms. The molecule has 6 nitrogen and oxygen atoms in total. The molecule has 0 bridgehead atoms. The van der Waals surface area contributed by atoms with Gasteiger partial charge in [0.15, 0.2) is 0 Å². The summed E-state index contributed by atoms with van der Waals surface area (Å²) in [5, 5.41) is 8.40. The predicted octanol–water partition coefficient (Wildman–Crippen LogP) is 2.28. The first-order valence-electron chi connectivity index (χ1n) is 7.46. The van der Waals surface area contributed by atoms with E-state index in [4.69, 9.17) is 21.5 Å². The van der Waals surface area contributed by atoms with Gasteiger partial charge in [-0.1, -0.05) is 23.7 Å². The second-order valence-corrected chi connectivity index (χ2v) is 7.46. The maximum Gasteiger partial charge on any atom is 0.255 e. The Bertz CT molecular complexity index is 898. The van der Waals surface area contributed by atoms with Crippen LogP contribution in [0.15, 0.2) is 41.3 Å². The number of sulfonamides is 1. The third-order valence-corrected chi connectivity index (χ3v) is 4.95. The fourth-order valence-electron chi connectivity index (χ4n) is 2.38. The highest BCUT2D eigenvalue weighted by atomic mass is 35.5. The van der Waals surface area contributed by atoms with Crippen LogP contribution in [0.4, 0.5) is 0 Å². The van der Waals surface area contributed by atoms with Crippen LogP contribution in [0, 0.1) is 6.92 Å². The van der Waals surface area contributed by atoms with Crippen molar-refractivity contribution in [2.45, 2.75) is 18.2 Å². The lowest BCUT2D eigenvalue weighted by atomic mass is 10.1. The second kappa shape index (κ2) is 7.86. The predicted molar refractivity (Wildman–Crippen MR) is 96.6 cm³/mol. The highest BCUT2D eigenvalue weighted by Gasteiger charge is 2.14. The number of benzene rings is 2. The number of primary sulfonamides is 1. The molecule has 2 rings (SSSR count). The van der Waals surface area contributed by atoms with Gasteiger partial charge in [0.25, 0.3) is 5.91 Å². The third kappa shape index (κ3) is 4.94. The molecule has 0 saturated heterocycles. The SMILES string of the molecule is COc1ccc(Cl)cc1C(=O)NCCc1ccc(C)c(S(N)(=O)=O)c1. The van der Waals surface area contributed by atoms with E-state index in [1.54, 1.807) is 31.2 Å². The molecule has 0 aliphatic carbocycles. The van der Waals surface area contributed by atoms with Gasteiger partial charge >= 0.3 is 0 Å². The van der Waals surface area contributed by atoms with Gasteiger partial charge in [0, 0.05) is 11.6 Å². The van der Waals surface area contributed by atoms with E-state index in [-0.39, 0.29) is 10.8 Å². The van der Waals surface area contributed by atoms with Crippen LogP contribution in [0.5, 0.6) is 5.75 Å². The highest BCUT2D eigenvalue weighted by molar-refractivity contribution is 7.89. The Morgan fingerprint density at radius 2 is 1.96 bits per heavy atom. The molecule has 2 aromatic rings. The average molecular weight is 383 g/mol. The molecule has 0 aliphatic heterocycles. The van der Waals surface area contributed by atoms with Crippen LogP contribution in [0.1, 0.15) is 21.5 Å². The maximum absolute atomic E-state index is 12.3. The fraction of sp³-hybridized carbons (Fsp3) is 0.235. The monoisotopic (exact) mass is 382 g/mol. The zero-order valence-electron chi connectivity index (χ0n) is 13.9. The van der Waals surface area contributed by atoms with Gasteiger partial charge in [-0.25, -0.2) is 13.6 Å². The van der Waals surface area contributed by atoms with Gasteiger partial charge in [-0.2, -0.15) is 0 Å². The number of methoxy groups -OCH3 is 1. The van der Waals surface area contributed by atoms with Crippen LogP contribution in [0.2, 0.25) is 5.02 Å². The summed E-state index contributed by atoms with van der Waals surface area (Å²) in [6, 6.07) is 9.80. The van der Waals surface area contributed by atoms with Crippen LogP contribution < -0.4 is 15.2 Å². The van der Waals surface area contributed by atoms with E-state index in [0.717, 1.165) is 5.56 Å². The number of ether oxygens (including phenoxy) is 1. The standard InChI is InChI=1S/C17H19ClN2O4S/c1-11-3-4-12(9-16(11)25(19,22)23)7-8-20-17(21)14-10-13(18)5-6-15(14)24-2/h3-6,9-10H,7-8H2,1-2H3,(H,20,21)(H2,19,22,23). The molecule has 1 amide bonds. The molecule has 134 valence electrons. The molecule has 2 aromatic carbocycles. The Morgan fingerprint density at radius 3 is 2.60 bits per heavy atom. The van der Waals surface area contributed by atoms with E-state index >= 15 is 0 Å². The van der Waals surface area contributed by atoms with Crippen molar-refractivity contribution >= 4 is 27.5 Å². The van der Waals surface area contributed by atoms with Crippen molar-refractivity contribution in [3.05, 3.63) is 58.1 Å². The molecule has 3 N–H and O–H groups in total. The molecule has 0 saturated carbocycles. The van der Waals surface area contributed by atoms with Crippen molar-refractivity contribution in [1.29, 1.82) is 0 Å². The van der Waals surface area contributed by atoms with E-state index < -0.39 is 10.0 Å². The Morgan fingerprint density at radius 1 is 1.24 bits per heavy atom. The van der Waals surface area contributed by atoms with Gasteiger partial charge in [0.2, 0.25) is 10.0 Å². The molecular formula is C17H19ClN2O4S. The summed E-state index contributed by atoms with van der Waals surface area (Å²) in [4.78, 5) is 12.4. The minimum Gasteiger partial charge on any atom is -0.496 e. The molecule has 0 heterocycles. The van der Waals surface area contributed by atoms with Crippen molar-refractivity contribution in [1.82, 2.24) is 5.32 Å². The Kier molecular flexibility index (Phi) is 6.05. The zero-order chi connectivity index (χ0) is 18.6. The lowest BCUT2D eigenvalue weighted by molar-refractivity contribution is 0.0951. The number of hydrogen-bond donors (Lipinski definition) is 2. The molecule has 0 aromatic heterocycles. The minimum atomic E-state index is -3.77. The van der Waals surface area contributed by atoms with Crippen molar-refractivity contribution in [2.75, 3.05) is 13.7 Å². The number of carbonyl (C=O) groups excluding carboxylic acids is 1. The van der Waals surface area contributed by atoms with Crippen LogP contribution in [-0.4, -0.2) is 28.0 Å². The lowest BCUT2D eigenvalue weighted by Crippen LogP contribution is -2.26. The first kappa shape index (κ1) is 19.2. The van der Waals surface area contributed by atoms with Gasteiger partial charge in [0.05, 0.1) is 17.6 Å². The summed E-state index contributed by atoms with van der Waals surface area (Å²) >= 11 is 5.92. The number of aryl methyl sites for hydroxylation is 1. The smallest absolute Gasteiger partial charge is 0.255 e. The molecule has 25 heavy (non-hydrogen) atoms. The van der Waals surface area contributed by atoms with Crippen molar-refractivity contribution in [3.8, 4) is 5.75 Å². The number of nitrogens with two attached hydrogens (primary N) is 1. The lowest BCUT2D eigenvalue weighted by Gasteiger charge is -2.11. The maximum atomic E-state index is 12.3. The quantitative estimate of drug-likeness (QED) is 0.800. The molecule has 0 radical (unpaired) electrons. The number of amides is 1. The van der Waals surface area contributed by atoms with E-state index in [0.29, 0.717) is 34.9 Å². The normalized spacial score (nSPS) is 11.2. The minimum absolute atomic E-state index is 0.0906. The van der Waals surface area contributed by atoms with E-state index in [2.05, 4.69) is 5.32 Å². The van der Waals surface area contributed by atoms with Gasteiger partial charge in [-0.3, -0.25) is 4.79 Å². The Labute approximate surface area is 152 Å². The summed E-state index contributed by atoms with van der Waals surface area (Å²) in [7, 11) is -2.30. The summed E-state index contributed by atoms with van der Waals surface area (Å²) in [6.45, 7) is 2.00. The van der Waals surface area contributed by atoms with Crippen LogP contribution in [0.3, 0.4) is 0 Å². The first-order chi connectivity index (χ1) is 11.7. The van der Waals surface area contributed by atoms with E-state index in [9.17, 15) is 13.2 Å². The van der Waals surface area contributed by atoms with E-state index in [1.165, 1.54) is 19.2 Å². The molecule has 0 fully saturated rings. The van der Waals surface area contributed by atoms with Gasteiger partial charge in [-0.05, 0) is 48.7 Å². The Hall–Kier alpha value is -2.09. The summed E-state index contributed by atoms with van der Waals surface area (Å²) in [5.41, 5.74) is 1.68. The Balaban J connectivity index is 2.06. The molecule has 0 aliphatic rings. The third-order valence-electron chi connectivity index (χ3n) is 3.66. The zero-order valence-corrected chi connectivity index (χ0v) is 15.4. The van der Waals surface area contributed by atoms with Crippen LogP contribution in [-0.2, 0) is 16.4 Å². The summed E-state index contributed by atoms with van der Waals surface area (Å²) < 4.78 is 28.3. The average Bonchev–Trinajstić information content (AvgIpc) is 2.55. The van der Waals surface area contributed by atoms with Crippen LogP contribution >= 0.6 is 11.6 Å². The van der Waals surface area contributed by atoms with Gasteiger partial charge in [0.1, 0.15) is 5.75 Å². The number of nitrogens with one attached hydrogen (secondary N) is 1.